The average molecular weight is 408 g/mol. The predicted molar refractivity (Wildman–Crippen MR) is 119 cm³/mol. The van der Waals surface area contributed by atoms with Crippen molar-refractivity contribution >= 4 is 29.3 Å². The maximum Gasteiger partial charge on any atom is 0.349 e. The molecule has 2 aromatic rings. The summed E-state index contributed by atoms with van der Waals surface area (Å²) < 4.78 is 10.7. The zero-order valence-corrected chi connectivity index (χ0v) is 17.8. The maximum atomic E-state index is 12.3. The fraction of sp³-hybridized carbons (Fsp3) is 0.333. The van der Waals surface area contributed by atoms with E-state index in [2.05, 4.69) is 43.5 Å². The highest BCUT2D eigenvalue weighted by atomic mass is 16.6. The van der Waals surface area contributed by atoms with Gasteiger partial charge in [0.15, 0.2) is 0 Å². The highest BCUT2D eigenvalue weighted by molar-refractivity contribution is 6.02. The predicted octanol–water partition coefficient (Wildman–Crippen LogP) is 4.37. The third-order valence-electron chi connectivity index (χ3n) is 4.75. The number of benzene rings is 2. The molecule has 0 aliphatic carbocycles. The summed E-state index contributed by atoms with van der Waals surface area (Å²) in [6.45, 7) is 8.88. The Morgan fingerprint density at radius 1 is 1.20 bits per heavy atom. The minimum absolute atomic E-state index is 0.0974. The van der Waals surface area contributed by atoms with E-state index in [1.807, 2.05) is 12.1 Å². The third kappa shape index (κ3) is 5.41. The van der Waals surface area contributed by atoms with Crippen molar-refractivity contribution in [1.82, 2.24) is 0 Å². The summed E-state index contributed by atoms with van der Waals surface area (Å²) in [6, 6.07) is 13.4. The summed E-state index contributed by atoms with van der Waals surface area (Å²) in [7, 11) is 0. The topological polar surface area (TPSA) is 76.7 Å². The molecule has 0 radical (unpaired) electrons. The molecule has 0 fully saturated rings. The molecule has 0 bridgehead atoms. The van der Waals surface area contributed by atoms with Gasteiger partial charge >= 0.3 is 5.97 Å². The van der Waals surface area contributed by atoms with Crippen molar-refractivity contribution in [1.29, 1.82) is 0 Å². The van der Waals surface area contributed by atoms with Crippen molar-refractivity contribution in [3.05, 3.63) is 59.7 Å². The number of amides is 1. The van der Waals surface area contributed by atoms with Gasteiger partial charge in [0.2, 0.25) is 12.0 Å². The second-order valence-electron chi connectivity index (χ2n) is 8.14. The van der Waals surface area contributed by atoms with Gasteiger partial charge in [-0.05, 0) is 47.7 Å². The molecule has 1 aliphatic rings. The van der Waals surface area contributed by atoms with Crippen LogP contribution in [0, 0.1) is 0 Å². The van der Waals surface area contributed by atoms with Gasteiger partial charge in [-0.15, -0.1) is 0 Å². The molecule has 1 unspecified atom stereocenters. The second kappa shape index (κ2) is 9.03. The van der Waals surface area contributed by atoms with E-state index < -0.39 is 12.1 Å². The van der Waals surface area contributed by atoms with Crippen LogP contribution in [0.15, 0.2) is 48.5 Å². The van der Waals surface area contributed by atoms with Gasteiger partial charge in [-0.3, -0.25) is 4.79 Å². The van der Waals surface area contributed by atoms with E-state index >= 15 is 0 Å². The van der Waals surface area contributed by atoms with Crippen molar-refractivity contribution in [2.45, 2.75) is 39.2 Å². The molecule has 6 nitrogen and oxygen atoms in total. The van der Waals surface area contributed by atoms with Crippen LogP contribution in [-0.4, -0.2) is 31.1 Å². The molecule has 1 atom stereocenters. The highest BCUT2D eigenvalue weighted by Gasteiger charge is 2.27. The molecular formula is C24H28N2O4. The molecule has 0 saturated heterocycles. The number of rotatable bonds is 5. The van der Waals surface area contributed by atoms with Crippen LogP contribution in [0.3, 0.4) is 0 Å². The van der Waals surface area contributed by atoms with Crippen LogP contribution in [0.5, 0.6) is 5.75 Å². The van der Waals surface area contributed by atoms with E-state index in [4.69, 9.17) is 9.47 Å². The van der Waals surface area contributed by atoms with E-state index in [0.717, 1.165) is 11.3 Å². The Balaban J connectivity index is 1.60. The van der Waals surface area contributed by atoms with Crippen LogP contribution in [0.2, 0.25) is 0 Å². The first-order valence-corrected chi connectivity index (χ1v) is 10.1. The minimum Gasteiger partial charge on any atom is -0.475 e. The molecule has 1 heterocycles. The number of hydrogen-bond acceptors (Lipinski definition) is 5. The zero-order chi connectivity index (χ0) is 21.7. The molecule has 158 valence electrons. The highest BCUT2D eigenvalue weighted by Crippen LogP contribution is 2.32. The first-order valence-electron chi connectivity index (χ1n) is 10.1. The van der Waals surface area contributed by atoms with Crippen molar-refractivity contribution in [2.75, 3.05) is 23.8 Å². The fourth-order valence-corrected chi connectivity index (χ4v) is 3.06. The van der Waals surface area contributed by atoms with Crippen molar-refractivity contribution in [2.24, 2.45) is 0 Å². The molecule has 0 aromatic heterocycles. The molecule has 1 aliphatic heterocycles. The molecule has 30 heavy (non-hydrogen) atoms. The number of carbonyl (C=O) groups excluding carboxylic acids is 2. The average Bonchev–Trinajstić information content (AvgIpc) is 2.71. The quantitative estimate of drug-likeness (QED) is 0.567. The first-order chi connectivity index (χ1) is 14.3. The zero-order valence-electron chi connectivity index (χ0n) is 17.8. The lowest BCUT2D eigenvalue weighted by atomic mass is 9.87. The third-order valence-corrected chi connectivity index (χ3v) is 4.75. The van der Waals surface area contributed by atoms with Crippen LogP contribution < -0.4 is 15.4 Å². The Kier molecular flexibility index (Phi) is 6.45. The second-order valence-corrected chi connectivity index (χ2v) is 8.14. The molecule has 2 N–H and O–H groups in total. The molecular weight excluding hydrogens is 380 g/mol. The molecule has 2 aromatic carbocycles. The SMILES string of the molecule is CCOC(=O)C1CNc2cc(NC(=O)C=Cc3ccc(C(C)(C)C)cc3)ccc2O1. The van der Waals surface area contributed by atoms with Crippen molar-refractivity contribution in [3.63, 3.8) is 0 Å². The smallest absolute Gasteiger partial charge is 0.349 e. The number of carbonyl (C=O) groups is 2. The van der Waals surface area contributed by atoms with E-state index in [-0.39, 0.29) is 11.3 Å². The van der Waals surface area contributed by atoms with Crippen LogP contribution in [0.25, 0.3) is 6.08 Å². The van der Waals surface area contributed by atoms with Gasteiger partial charge in [0.05, 0.1) is 18.8 Å². The number of nitrogens with one attached hydrogen (secondary N) is 2. The van der Waals surface area contributed by atoms with E-state index in [0.29, 0.717) is 24.6 Å². The monoisotopic (exact) mass is 408 g/mol. The number of anilines is 2. The molecule has 1 amide bonds. The summed E-state index contributed by atoms with van der Waals surface area (Å²) in [5, 5.41) is 5.99. The van der Waals surface area contributed by atoms with E-state index in [1.165, 1.54) is 11.6 Å². The Morgan fingerprint density at radius 2 is 1.93 bits per heavy atom. The lowest BCUT2D eigenvalue weighted by Crippen LogP contribution is -2.38. The van der Waals surface area contributed by atoms with Crippen LogP contribution >= 0.6 is 0 Å². The number of ether oxygens (including phenoxy) is 2. The molecule has 0 saturated carbocycles. The minimum atomic E-state index is -0.675. The Bertz CT molecular complexity index is 943. The van der Waals surface area contributed by atoms with Gasteiger partial charge in [0.25, 0.3) is 0 Å². The van der Waals surface area contributed by atoms with E-state index in [9.17, 15) is 9.59 Å². The van der Waals surface area contributed by atoms with Crippen LogP contribution in [0.4, 0.5) is 11.4 Å². The number of hydrogen-bond donors (Lipinski definition) is 2. The lowest BCUT2D eigenvalue weighted by molar-refractivity contribution is -0.150. The summed E-state index contributed by atoms with van der Waals surface area (Å²) in [6.07, 6.45) is 2.61. The maximum absolute atomic E-state index is 12.3. The van der Waals surface area contributed by atoms with Gasteiger partial charge in [-0.2, -0.15) is 0 Å². The first kappa shape index (κ1) is 21.4. The summed E-state index contributed by atoms with van der Waals surface area (Å²) in [5.74, 6) is -0.0727. The molecule has 0 spiro atoms. The largest absolute Gasteiger partial charge is 0.475 e. The van der Waals surface area contributed by atoms with Gasteiger partial charge < -0.3 is 20.1 Å². The van der Waals surface area contributed by atoms with Crippen molar-refractivity contribution in [3.8, 4) is 5.75 Å². The van der Waals surface area contributed by atoms with Crippen molar-refractivity contribution < 1.29 is 19.1 Å². The van der Waals surface area contributed by atoms with Gasteiger partial charge in [0, 0.05) is 11.8 Å². The van der Waals surface area contributed by atoms with Crippen LogP contribution in [-0.2, 0) is 19.7 Å². The number of fused-ring (bicyclic) bond motifs is 1. The summed E-state index contributed by atoms with van der Waals surface area (Å²) in [5.41, 5.74) is 3.66. The van der Waals surface area contributed by atoms with Gasteiger partial charge in [-0.25, -0.2) is 4.79 Å². The molecule has 6 heteroatoms. The fourth-order valence-electron chi connectivity index (χ4n) is 3.06. The number of esters is 1. The van der Waals surface area contributed by atoms with Crippen LogP contribution in [0.1, 0.15) is 38.8 Å². The standard InChI is InChI=1S/C24H28N2O4/c1-5-29-23(28)21-15-25-19-14-18(11-12-20(19)30-21)26-22(27)13-8-16-6-9-17(10-7-16)24(2,3)4/h6-14,21,25H,5,15H2,1-4H3,(H,26,27). The van der Waals surface area contributed by atoms with Gasteiger partial charge in [0.1, 0.15) is 5.75 Å². The summed E-state index contributed by atoms with van der Waals surface area (Å²) in [4.78, 5) is 24.1. The summed E-state index contributed by atoms with van der Waals surface area (Å²) >= 11 is 0. The normalized spacial score (nSPS) is 15.7. The van der Waals surface area contributed by atoms with Gasteiger partial charge in [-0.1, -0.05) is 45.0 Å². The Hall–Kier alpha value is -3.28. The lowest BCUT2D eigenvalue weighted by Gasteiger charge is -2.26. The van der Waals surface area contributed by atoms with E-state index in [1.54, 1.807) is 31.2 Å². The Labute approximate surface area is 177 Å². The Morgan fingerprint density at radius 3 is 2.60 bits per heavy atom. The molecule has 3 rings (SSSR count).